The fraction of sp³-hybridized carbons (Fsp3) is 0.812. The molecule has 0 amide bonds. The van der Waals surface area contributed by atoms with Crippen molar-refractivity contribution in [1.29, 1.82) is 0 Å². The van der Waals surface area contributed by atoms with E-state index in [1.807, 2.05) is 18.7 Å². The molecule has 1 aliphatic rings. The highest BCUT2D eigenvalue weighted by Gasteiger charge is 2.42. The maximum atomic E-state index is 6.43. The Morgan fingerprint density at radius 1 is 1.30 bits per heavy atom. The number of halogens is 1. The lowest BCUT2D eigenvalue weighted by atomic mass is 9.79. The molecule has 3 nitrogen and oxygen atoms in total. The first-order valence-corrected chi connectivity index (χ1v) is 7.93. The zero-order valence-electron chi connectivity index (χ0n) is 13.7. The number of aromatic nitrogens is 2. The molecule has 0 aromatic carbocycles. The number of rotatable bonds is 5. The SMILES string of the molecule is Cc1nn(C)c(CC(C)(CNC(C)(C)C)C2CC2)c1Cl. The van der Waals surface area contributed by atoms with Crippen molar-refractivity contribution in [3.05, 3.63) is 16.4 Å². The van der Waals surface area contributed by atoms with Crippen LogP contribution >= 0.6 is 11.6 Å². The average molecular weight is 298 g/mol. The minimum Gasteiger partial charge on any atom is -0.312 e. The van der Waals surface area contributed by atoms with E-state index in [1.54, 1.807) is 0 Å². The Balaban J connectivity index is 2.16. The maximum Gasteiger partial charge on any atom is 0.0847 e. The predicted octanol–water partition coefficient (Wildman–Crippen LogP) is 3.73. The van der Waals surface area contributed by atoms with E-state index in [2.05, 4.69) is 38.1 Å². The lowest BCUT2D eigenvalue weighted by molar-refractivity contribution is 0.223. The Morgan fingerprint density at radius 2 is 1.90 bits per heavy atom. The fourth-order valence-corrected chi connectivity index (χ4v) is 3.08. The first-order chi connectivity index (χ1) is 9.12. The van der Waals surface area contributed by atoms with Crippen LogP contribution in [-0.4, -0.2) is 21.9 Å². The quantitative estimate of drug-likeness (QED) is 0.897. The molecule has 1 atom stereocenters. The largest absolute Gasteiger partial charge is 0.312 e. The number of hydrogen-bond acceptors (Lipinski definition) is 2. The van der Waals surface area contributed by atoms with Crippen LogP contribution in [0.3, 0.4) is 0 Å². The van der Waals surface area contributed by atoms with Crippen LogP contribution in [0.25, 0.3) is 0 Å². The van der Waals surface area contributed by atoms with E-state index in [-0.39, 0.29) is 11.0 Å². The standard InChI is InChI=1S/C16H28ClN3/c1-11-14(17)13(20(6)19-11)9-16(5,12-7-8-12)10-18-15(2,3)4/h12,18H,7-10H2,1-6H3. The molecule has 0 bridgehead atoms. The number of nitrogens with one attached hydrogen (secondary N) is 1. The van der Waals surface area contributed by atoms with Gasteiger partial charge in [-0.25, -0.2) is 0 Å². The minimum atomic E-state index is 0.155. The highest BCUT2D eigenvalue weighted by molar-refractivity contribution is 6.31. The van der Waals surface area contributed by atoms with Crippen molar-refractivity contribution in [2.45, 2.75) is 59.4 Å². The van der Waals surface area contributed by atoms with E-state index in [4.69, 9.17) is 11.6 Å². The second-order valence-corrected chi connectivity index (χ2v) is 8.06. The molecule has 1 fully saturated rings. The van der Waals surface area contributed by atoms with Crippen LogP contribution in [0.5, 0.6) is 0 Å². The van der Waals surface area contributed by atoms with E-state index in [0.29, 0.717) is 0 Å². The van der Waals surface area contributed by atoms with Crippen molar-refractivity contribution in [2.75, 3.05) is 6.54 Å². The van der Waals surface area contributed by atoms with Gasteiger partial charge in [-0.15, -0.1) is 0 Å². The van der Waals surface area contributed by atoms with Crippen molar-refractivity contribution in [2.24, 2.45) is 18.4 Å². The Bertz CT molecular complexity index is 483. The van der Waals surface area contributed by atoms with Gasteiger partial charge >= 0.3 is 0 Å². The predicted molar refractivity (Wildman–Crippen MR) is 85.2 cm³/mol. The Kier molecular flexibility index (Phi) is 4.23. The molecule has 1 aliphatic carbocycles. The molecule has 0 spiro atoms. The molecule has 0 saturated heterocycles. The monoisotopic (exact) mass is 297 g/mol. The maximum absolute atomic E-state index is 6.43. The minimum absolute atomic E-state index is 0.155. The Morgan fingerprint density at radius 3 is 2.30 bits per heavy atom. The van der Waals surface area contributed by atoms with Gasteiger partial charge in [0.05, 0.1) is 16.4 Å². The summed E-state index contributed by atoms with van der Waals surface area (Å²) in [5.41, 5.74) is 2.53. The highest BCUT2D eigenvalue weighted by Crippen LogP contribution is 2.47. The molecule has 4 heteroatoms. The lowest BCUT2D eigenvalue weighted by Gasteiger charge is -2.34. The smallest absolute Gasteiger partial charge is 0.0847 e. The topological polar surface area (TPSA) is 29.9 Å². The average Bonchev–Trinajstić information content (AvgIpc) is 3.12. The number of nitrogens with zero attached hydrogens (tertiary/aromatic N) is 2. The van der Waals surface area contributed by atoms with Crippen LogP contribution in [0, 0.1) is 18.3 Å². The van der Waals surface area contributed by atoms with E-state index in [9.17, 15) is 0 Å². The van der Waals surface area contributed by atoms with Crippen LogP contribution in [0.4, 0.5) is 0 Å². The van der Waals surface area contributed by atoms with Gasteiger partial charge < -0.3 is 5.32 Å². The van der Waals surface area contributed by atoms with Crippen LogP contribution in [-0.2, 0) is 13.5 Å². The second-order valence-electron chi connectivity index (χ2n) is 7.68. The van der Waals surface area contributed by atoms with Gasteiger partial charge in [-0.05, 0) is 58.3 Å². The number of hydrogen-bond donors (Lipinski definition) is 1. The van der Waals surface area contributed by atoms with Gasteiger partial charge in [0.25, 0.3) is 0 Å². The highest BCUT2D eigenvalue weighted by atomic mass is 35.5. The van der Waals surface area contributed by atoms with E-state index < -0.39 is 0 Å². The summed E-state index contributed by atoms with van der Waals surface area (Å²) in [5.74, 6) is 0.809. The first-order valence-electron chi connectivity index (χ1n) is 7.55. The van der Waals surface area contributed by atoms with Gasteiger partial charge in [0, 0.05) is 19.1 Å². The van der Waals surface area contributed by atoms with Gasteiger partial charge in [0.2, 0.25) is 0 Å². The van der Waals surface area contributed by atoms with Gasteiger partial charge in [0.1, 0.15) is 0 Å². The summed E-state index contributed by atoms with van der Waals surface area (Å²) in [4.78, 5) is 0. The lowest BCUT2D eigenvalue weighted by Crippen LogP contribution is -2.44. The summed E-state index contributed by atoms with van der Waals surface area (Å²) in [7, 11) is 2.00. The van der Waals surface area contributed by atoms with Gasteiger partial charge in [0.15, 0.2) is 0 Å². The zero-order valence-corrected chi connectivity index (χ0v) is 14.4. The fourth-order valence-electron chi connectivity index (χ4n) is 2.85. The normalized spacial score (nSPS) is 19.1. The van der Waals surface area contributed by atoms with Gasteiger partial charge in [-0.1, -0.05) is 18.5 Å². The van der Waals surface area contributed by atoms with E-state index >= 15 is 0 Å². The third-order valence-electron chi connectivity index (χ3n) is 4.42. The molecule has 1 aromatic rings. The molecule has 0 aliphatic heterocycles. The van der Waals surface area contributed by atoms with Crippen molar-refractivity contribution < 1.29 is 0 Å². The molecular weight excluding hydrogens is 270 g/mol. The van der Waals surface area contributed by atoms with Crippen molar-refractivity contribution in [3.8, 4) is 0 Å². The third-order valence-corrected chi connectivity index (χ3v) is 4.91. The van der Waals surface area contributed by atoms with E-state index in [1.165, 1.54) is 18.5 Å². The number of aryl methyl sites for hydroxylation is 2. The summed E-state index contributed by atoms with van der Waals surface area (Å²) in [6.07, 6.45) is 3.68. The summed E-state index contributed by atoms with van der Waals surface area (Å²) in [6, 6.07) is 0. The molecule has 1 N–H and O–H groups in total. The zero-order chi connectivity index (χ0) is 15.1. The molecule has 114 valence electrons. The van der Waals surface area contributed by atoms with Gasteiger partial charge in [-0.3, -0.25) is 4.68 Å². The Labute approximate surface area is 128 Å². The second kappa shape index (κ2) is 5.34. The molecule has 1 saturated carbocycles. The summed E-state index contributed by atoms with van der Waals surface area (Å²) in [5, 5.41) is 8.97. The van der Waals surface area contributed by atoms with Crippen molar-refractivity contribution in [1.82, 2.24) is 15.1 Å². The van der Waals surface area contributed by atoms with Crippen molar-refractivity contribution >= 4 is 11.6 Å². The molecular formula is C16H28ClN3. The van der Waals surface area contributed by atoms with Crippen LogP contribution in [0.15, 0.2) is 0 Å². The Hall–Kier alpha value is -0.540. The third kappa shape index (κ3) is 3.56. The van der Waals surface area contributed by atoms with Gasteiger partial charge in [-0.2, -0.15) is 5.10 Å². The molecule has 0 radical (unpaired) electrons. The molecule has 2 rings (SSSR count). The van der Waals surface area contributed by atoms with Crippen LogP contribution in [0.2, 0.25) is 5.02 Å². The summed E-state index contributed by atoms with van der Waals surface area (Å²) >= 11 is 6.43. The molecule has 1 aromatic heterocycles. The van der Waals surface area contributed by atoms with E-state index in [0.717, 1.165) is 29.6 Å². The first kappa shape index (κ1) is 15.8. The summed E-state index contributed by atoms with van der Waals surface area (Å²) in [6.45, 7) is 12.1. The summed E-state index contributed by atoms with van der Waals surface area (Å²) < 4.78 is 1.95. The molecule has 1 heterocycles. The molecule has 1 unspecified atom stereocenters. The van der Waals surface area contributed by atoms with Crippen LogP contribution < -0.4 is 5.32 Å². The van der Waals surface area contributed by atoms with Crippen molar-refractivity contribution in [3.63, 3.8) is 0 Å². The van der Waals surface area contributed by atoms with Crippen LogP contribution in [0.1, 0.15) is 51.9 Å². The molecule has 20 heavy (non-hydrogen) atoms.